The number of carbonyl (C=O) groups is 2. The quantitative estimate of drug-likeness (QED) is 0.339. The number of aliphatic hydroxyl groups is 1. The summed E-state index contributed by atoms with van der Waals surface area (Å²) in [7, 11) is 2.92. The predicted octanol–water partition coefficient (Wildman–Crippen LogP) is 3.91. The minimum atomic E-state index is -0.971. The maximum absolute atomic E-state index is 13.2. The Morgan fingerprint density at radius 1 is 0.941 bits per heavy atom. The Morgan fingerprint density at radius 2 is 1.59 bits per heavy atom. The maximum atomic E-state index is 13.2. The minimum absolute atomic E-state index is 0.0129. The number of nitrogens with zero attached hydrogens (tertiary/aromatic N) is 2. The van der Waals surface area contributed by atoms with Crippen LogP contribution in [0.15, 0.2) is 72.3 Å². The van der Waals surface area contributed by atoms with E-state index in [4.69, 9.17) is 14.7 Å². The van der Waals surface area contributed by atoms with Crippen LogP contribution in [0.3, 0.4) is 0 Å². The summed E-state index contributed by atoms with van der Waals surface area (Å²) in [6.07, 6.45) is 0. The molecule has 3 aromatic carbocycles. The van der Waals surface area contributed by atoms with E-state index in [0.29, 0.717) is 28.3 Å². The molecule has 1 atom stereocenters. The number of benzene rings is 3. The third kappa shape index (κ3) is 3.80. The van der Waals surface area contributed by atoms with Crippen molar-refractivity contribution in [3.63, 3.8) is 0 Å². The standard InChI is InChI=1S/C26H20N2O6/c1-33-20-12-7-17(13-21(20)34-2)24(30)22-23(16-5-10-19(29)11-6-16)28(26(32)25(22)31)18-8-3-15(14-27)4-9-18/h3-13,23,29-30H,1-2H3/b24-22-. The van der Waals surface area contributed by atoms with Crippen molar-refractivity contribution in [2.75, 3.05) is 19.1 Å². The molecular formula is C26H20N2O6. The van der Waals surface area contributed by atoms with Crippen molar-refractivity contribution in [1.29, 1.82) is 5.26 Å². The van der Waals surface area contributed by atoms with Gasteiger partial charge in [-0.3, -0.25) is 14.5 Å². The van der Waals surface area contributed by atoms with Crippen molar-refractivity contribution in [3.8, 4) is 23.3 Å². The number of aliphatic hydroxyl groups excluding tert-OH is 1. The van der Waals surface area contributed by atoms with Crippen molar-refractivity contribution >= 4 is 23.1 Å². The van der Waals surface area contributed by atoms with Crippen LogP contribution in [-0.4, -0.2) is 36.1 Å². The summed E-state index contributed by atoms with van der Waals surface area (Å²) >= 11 is 0. The first-order valence-electron chi connectivity index (χ1n) is 10.2. The summed E-state index contributed by atoms with van der Waals surface area (Å²) in [5, 5.41) is 30.1. The summed E-state index contributed by atoms with van der Waals surface area (Å²) in [5.41, 5.74) is 1.42. The molecule has 0 bridgehead atoms. The summed E-state index contributed by atoms with van der Waals surface area (Å²) in [6, 6.07) is 17.9. The first-order chi connectivity index (χ1) is 16.4. The number of methoxy groups -OCH3 is 2. The van der Waals surface area contributed by atoms with Crippen LogP contribution in [0.5, 0.6) is 17.2 Å². The maximum Gasteiger partial charge on any atom is 0.300 e. The van der Waals surface area contributed by atoms with E-state index in [9.17, 15) is 19.8 Å². The SMILES string of the molecule is COc1ccc(/C(O)=C2/C(=O)C(=O)N(c3ccc(C#N)cc3)C2c2ccc(O)cc2)cc1OC. The van der Waals surface area contributed by atoms with Crippen LogP contribution >= 0.6 is 0 Å². The van der Waals surface area contributed by atoms with E-state index >= 15 is 0 Å². The summed E-state index contributed by atoms with van der Waals surface area (Å²) < 4.78 is 10.5. The summed E-state index contributed by atoms with van der Waals surface area (Å²) in [6.45, 7) is 0. The lowest BCUT2D eigenvalue weighted by atomic mass is 9.95. The van der Waals surface area contributed by atoms with E-state index in [1.54, 1.807) is 36.4 Å². The third-order valence-corrected chi connectivity index (χ3v) is 5.58. The molecule has 170 valence electrons. The Kier molecular flexibility index (Phi) is 5.94. The molecule has 1 aliphatic rings. The van der Waals surface area contributed by atoms with E-state index in [-0.39, 0.29) is 22.6 Å². The highest BCUT2D eigenvalue weighted by atomic mass is 16.5. The average Bonchev–Trinajstić information content (AvgIpc) is 3.13. The number of ketones is 1. The summed E-state index contributed by atoms with van der Waals surface area (Å²) in [5.74, 6) is -1.28. The average molecular weight is 456 g/mol. The van der Waals surface area contributed by atoms with Gasteiger partial charge in [0.2, 0.25) is 0 Å². The van der Waals surface area contributed by atoms with Crippen molar-refractivity contribution in [1.82, 2.24) is 0 Å². The van der Waals surface area contributed by atoms with Gasteiger partial charge in [-0.05, 0) is 60.2 Å². The normalized spacial score (nSPS) is 16.9. The highest BCUT2D eigenvalue weighted by Gasteiger charge is 2.47. The zero-order valence-electron chi connectivity index (χ0n) is 18.4. The first-order valence-corrected chi connectivity index (χ1v) is 10.2. The fourth-order valence-electron chi connectivity index (χ4n) is 3.91. The van der Waals surface area contributed by atoms with Crippen LogP contribution in [0.4, 0.5) is 5.69 Å². The smallest absolute Gasteiger partial charge is 0.300 e. The van der Waals surface area contributed by atoms with Gasteiger partial charge in [0.1, 0.15) is 11.5 Å². The molecule has 8 heteroatoms. The van der Waals surface area contributed by atoms with Gasteiger partial charge in [0.25, 0.3) is 11.7 Å². The molecule has 0 radical (unpaired) electrons. The number of hydrogen-bond donors (Lipinski definition) is 2. The van der Waals surface area contributed by atoms with Gasteiger partial charge in [0.15, 0.2) is 11.5 Å². The fourth-order valence-corrected chi connectivity index (χ4v) is 3.91. The Hall–Kier alpha value is -4.77. The van der Waals surface area contributed by atoms with E-state index in [1.165, 1.54) is 49.5 Å². The van der Waals surface area contributed by atoms with Gasteiger partial charge >= 0.3 is 0 Å². The van der Waals surface area contributed by atoms with E-state index < -0.39 is 17.7 Å². The molecule has 8 nitrogen and oxygen atoms in total. The van der Waals surface area contributed by atoms with Crippen LogP contribution < -0.4 is 14.4 Å². The summed E-state index contributed by atoms with van der Waals surface area (Å²) in [4.78, 5) is 27.6. The molecule has 1 aliphatic heterocycles. The van der Waals surface area contributed by atoms with E-state index in [2.05, 4.69) is 0 Å². The van der Waals surface area contributed by atoms with Gasteiger partial charge in [-0.15, -0.1) is 0 Å². The number of phenolic OH excluding ortho intramolecular Hbond substituents is 1. The molecule has 0 spiro atoms. The fraction of sp³-hybridized carbons (Fsp3) is 0.115. The number of nitriles is 1. The molecule has 0 saturated carbocycles. The lowest BCUT2D eigenvalue weighted by Gasteiger charge is -2.25. The van der Waals surface area contributed by atoms with Crippen molar-refractivity contribution in [3.05, 3.63) is 89.0 Å². The monoisotopic (exact) mass is 456 g/mol. The van der Waals surface area contributed by atoms with Crippen LogP contribution in [0.25, 0.3) is 5.76 Å². The molecule has 4 rings (SSSR count). The van der Waals surface area contributed by atoms with Gasteiger partial charge in [-0.1, -0.05) is 12.1 Å². The molecular weight excluding hydrogens is 436 g/mol. The number of rotatable bonds is 5. The lowest BCUT2D eigenvalue weighted by molar-refractivity contribution is -0.132. The van der Waals surface area contributed by atoms with Crippen molar-refractivity contribution in [2.45, 2.75) is 6.04 Å². The van der Waals surface area contributed by atoms with Gasteiger partial charge in [-0.25, -0.2) is 0 Å². The molecule has 0 aliphatic carbocycles. The topological polar surface area (TPSA) is 120 Å². The van der Waals surface area contributed by atoms with Gasteiger partial charge < -0.3 is 19.7 Å². The third-order valence-electron chi connectivity index (χ3n) is 5.58. The zero-order valence-corrected chi connectivity index (χ0v) is 18.4. The molecule has 1 amide bonds. The highest BCUT2D eigenvalue weighted by Crippen LogP contribution is 2.43. The van der Waals surface area contributed by atoms with Crippen LogP contribution in [-0.2, 0) is 9.59 Å². The van der Waals surface area contributed by atoms with E-state index in [0.717, 1.165) is 0 Å². The molecule has 3 aromatic rings. The number of amides is 1. The van der Waals surface area contributed by atoms with Gasteiger partial charge in [0.05, 0.1) is 37.5 Å². The van der Waals surface area contributed by atoms with Crippen LogP contribution in [0.2, 0.25) is 0 Å². The Bertz CT molecular complexity index is 1340. The zero-order chi connectivity index (χ0) is 24.4. The molecule has 1 heterocycles. The number of hydrogen-bond acceptors (Lipinski definition) is 7. The molecule has 1 fully saturated rings. The second-order valence-corrected chi connectivity index (χ2v) is 7.49. The minimum Gasteiger partial charge on any atom is -0.508 e. The number of ether oxygens (including phenoxy) is 2. The van der Waals surface area contributed by atoms with Gasteiger partial charge in [0, 0.05) is 11.3 Å². The predicted molar refractivity (Wildman–Crippen MR) is 124 cm³/mol. The van der Waals surface area contributed by atoms with Crippen LogP contribution in [0, 0.1) is 11.3 Å². The highest BCUT2D eigenvalue weighted by molar-refractivity contribution is 6.51. The number of carbonyl (C=O) groups excluding carboxylic acids is 2. The number of Topliss-reactive ketones (excluding diaryl/α,β-unsaturated/α-hetero) is 1. The van der Waals surface area contributed by atoms with Crippen molar-refractivity contribution < 1.29 is 29.3 Å². The molecule has 1 unspecified atom stereocenters. The Balaban J connectivity index is 1.93. The molecule has 34 heavy (non-hydrogen) atoms. The van der Waals surface area contributed by atoms with Gasteiger partial charge in [-0.2, -0.15) is 5.26 Å². The second-order valence-electron chi connectivity index (χ2n) is 7.49. The number of anilines is 1. The number of aromatic hydroxyl groups is 1. The second kappa shape index (κ2) is 9.00. The lowest BCUT2D eigenvalue weighted by Crippen LogP contribution is -2.29. The molecule has 2 N–H and O–H groups in total. The Labute approximate surface area is 195 Å². The molecule has 1 saturated heterocycles. The first kappa shape index (κ1) is 22.4. The van der Waals surface area contributed by atoms with Crippen LogP contribution in [0.1, 0.15) is 22.7 Å². The Morgan fingerprint density at radius 3 is 2.18 bits per heavy atom. The number of phenols is 1. The molecule has 0 aromatic heterocycles. The van der Waals surface area contributed by atoms with E-state index in [1.807, 2.05) is 6.07 Å². The van der Waals surface area contributed by atoms with Crippen molar-refractivity contribution in [2.24, 2.45) is 0 Å². The largest absolute Gasteiger partial charge is 0.508 e.